The third-order valence-electron chi connectivity index (χ3n) is 3.11. The molecule has 3 nitrogen and oxygen atoms in total. The van der Waals surface area contributed by atoms with Crippen LogP contribution in [0.3, 0.4) is 0 Å². The van der Waals surface area contributed by atoms with Crippen molar-refractivity contribution in [1.82, 2.24) is 5.32 Å². The van der Waals surface area contributed by atoms with Crippen LogP contribution in [0.2, 0.25) is 0 Å². The molecule has 1 rings (SSSR count). The SMILES string of the molecule is CC(CC(=O)O)NC1CCCCCCC1.[Na]. The van der Waals surface area contributed by atoms with Crippen LogP contribution in [0.5, 0.6) is 0 Å². The van der Waals surface area contributed by atoms with Gasteiger partial charge in [-0.25, -0.2) is 0 Å². The maximum absolute atomic E-state index is 10.5. The van der Waals surface area contributed by atoms with Crippen LogP contribution in [0.4, 0.5) is 0 Å². The molecule has 1 atom stereocenters. The Morgan fingerprint density at radius 1 is 1.25 bits per heavy atom. The van der Waals surface area contributed by atoms with Gasteiger partial charge in [-0.05, 0) is 19.8 Å². The van der Waals surface area contributed by atoms with Gasteiger partial charge in [-0.3, -0.25) is 4.79 Å². The minimum atomic E-state index is -0.708. The Morgan fingerprint density at radius 2 is 1.75 bits per heavy atom. The molecule has 1 fully saturated rings. The molecule has 0 amide bonds. The first-order valence-corrected chi connectivity index (χ1v) is 6.16. The van der Waals surface area contributed by atoms with Crippen molar-refractivity contribution in [3.05, 3.63) is 0 Å². The van der Waals surface area contributed by atoms with Crippen LogP contribution in [-0.2, 0) is 4.79 Å². The minimum Gasteiger partial charge on any atom is -0.481 e. The molecule has 0 aromatic heterocycles. The number of nitrogens with one attached hydrogen (secondary N) is 1. The van der Waals surface area contributed by atoms with Crippen molar-refractivity contribution < 1.29 is 9.90 Å². The molecule has 89 valence electrons. The number of carbonyl (C=O) groups is 1. The molecule has 0 saturated heterocycles. The van der Waals surface area contributed by atoms with E-state index in [4.69, 9.17) is 5.11 Å². The summed E-state index contributed by atoms with van der Waals surface area (Å²) in [5.41, 5.74) is 0. The molecular weight excluding hydrogens is 213 g/mol. The molecule has 0 bridgehead atoms. The van der Waals surface area contributed by atoms with E-state index in [0.717, 1.165) is 0 Å². The predicted molar refractivity (Wildman–Crippen MR) is 66.7 cm³/mol. The molecule has 1 aliphatic rings. The molecule has 0 aromatic carbocycles. The van der Waals surface area contributed by atoms with Crippen LogP contribution in [0.25, 0.3) is 0 Å². The standard InChI is InChI=1S/C12H23NO2.Na/c1-10(9-12(14)15)13-11-7-5-3-2-4-6-8-11;/h10-11,13H,2-9H2,1H3,(H,14,15);. The fraction of sp³-hybridized carbons (Fsp3) is 0.917. The molecule has 1 unspecified atom stereocenters. The van der Waals surface area contributed by atoms with Gasteiger partial charge < -0.3 is 10.4 Å². The van der Waals surface area contributed by atoms with Gasteiger partial charge in [-0.1, -0.05) is 32.1 Å². The van der Waals surface area contributed by atoms with E-state index in [0.29, 0.717) is 6.04 Å². The van der Waals surface area contributed by atoms with Crippen molar-refractivity contribution in [2.24, 2.45) is 0 Å². The fourth-order valence-electron chi connectivity index (χ4n) is 2.35. The Bertz CT molecular complexity index is 191. The van der Waals surface area contributed by atoms with Crippen molar-refractivity contribution in [3.63, 3.8) is 0 Å². The molecule has 16 heavy (non-hydrogen) atoms. The first-order valence-electron chi connectivity index (χ1n) is 6.16. The zero-order valence-electron chi connectivity index (χ0n) is 10.7. The van der Waals surface area contributed by atoms with Gasteiger partial charge in [0, 0.05) is 41.6 Å². The molecule has 1 saturated carbocycles. The number of hydrogen-bond donors (Lipinski definition) is 2. The Morgan fingerprint density at radius 3 is 2.25 bits per heavy atom. The summed E-state index contributed by atoms with van der Waals surface area (Å²) in [6.45, 7) is 1.97. The van der Waals surface area contributed by atoms with E-state index in [1.54, 1.807) is 0 Å². The molecule has 1 radical (unpaired) electrons. The van der Waals surface area contributed by atoms with E-state index in [1.807, 2.05) is 6.92 Å². The minimum absolute atomic E-state index is 0. The number of carboxylic acid groups (broad SMARTS) is 1. The van der Waals surface area contributed by atoms with Crippen molar-refractivity contribution >= 4 is 35.5 Å². The fourth-order valence-corrected chi connectivity index (χ4v) is 2.35. The van der Waals surface area contributed by atoms with E-state index < -0.39 is 5.97 Å². The summed E-state index contributed by atoms with van der Waals surface area (Å²) >= 11 is 0. The molecular formula is C12H23NNaO2. The van der Waals surface area contributed by atoms with Gasteiger partial charge in [0.15, 0.2) is 0 Å². The summed E-state index contributed by atoms with van der Waals surface area (Å²) < 4.78 is 0. The van der Waals surface area contributed by atoms with Crippen LogP contribution in [-0.4, -0.2) is 52.7 Å². The van der Waals surface area contributed by atoms with Crippen LogP contribution in [0.15, 0.2) is 0 Å². The third kappa shape index (κ3) is 7.66. The molecule has 0 aliphatic heterocycles. The molecule has 1 aliphatic carbocycles. The van der Waals surface area contributed by atoms with E-state index in [9.17, 15) is 4.79 Å². The average Bonchev–Trinajstić information content (AvgIpc) is 2.08. The smallest absolute Gasteiger partial charge is 0.304 e. The average molecular weight is 236 g/mol. The second kappa shape index (κ2) is 9.46. The van der Waals surface area contributed by atoms with Crippen molar-refractivity contribution in [1.29, 1.82) is 0 Å². The summed E-state index contributed by atoms with van der Waals surface area (Å²) in [7, 11) is 0. The summed E-state index contributed by atoms with van der Waals surface area (Å²) in [6.07, 6.45) is 9.29. The molecule has 2 N–H and O–H groups in total. The zero-order valence-corrected chi connectivity index (χ0v) is 12.7. The van der Waals surface area contributed by atoms with Gasteiger partial charge in [-0.2, -0.15) is 0 Å². The third-order valence-corrected chi connectivity index (χ3v) is 3.11. The first-order chi connectivity index (χ1) is 7.18. The normalized spacial score (nSPS) is 20.3. The number of carboxylic acids is 1. The van der Waals surface area contributed by atoms with Crippen LogP contribution < -0.4 is 5.32 Å². The van der Waals surface area contributed by atoms with Crippen LogP contribution >= 0.6 is 0 Å². The monoisotopic (exact) mass is 236 g/mol. The Balaban J connectivity index is 0.00000225. The zero-order chi connectivity index (χ0) is 11.1. The van der Waals surface area contributed by atoms with Crippen molar-refractivity contribution in [2.45, 2.75) is 70.4 Å². The largest absolute Gasteiger partial charge is 0.481 e. The summed E-state index contributed by atoms with van der Waals surface area (Å²) in [5, 5.41) is 12.1. The summed E-state index contributed by atoms with van der Waals surface area (Å²) in [5.74, 6) is -0.708. The van der Waals surface area contributed by atoms with Gasteiger partial charge in [0.25, 0.3) is 0 Å². The van der Waals surface area contributed by atoms with E-state index in [1.165, 1.54) is 44.9 Å². The van der Waals surface area contributed by atoms with Crippen molar-refractivity contribution in [2.75, 3.05) is 0 Å². The maximum Gasteiger partial charge on any atom is 0.304 e. The number of aliphatic carboxylic acids is 1. The molecule has 4 heteroatoms. The quantitative estimate of drug-likeness (QED) is 0.735. The van der Waals surface area contributed by atoms with Crippen LogP contribution in [0.1, 0.15) is 58.3 Å². The Hall–Kier alpha value is 0.430. The molecule has 0 heterocycles. The summed E-state index contributed by atoms with van der Waals surface area (Å²) in [4.78, 5) is 10.5. The van der Waals surface area contributed by atoms with E-state index in [-0.39, 0.29) is 42.0 Å². The summed E-state index contributed by atoms with van der Waals surface area (Å²) in [6, 6.07) is 0.645. The van der Waals surface area contributed by atoms with Gasteiger partial charge in [-0.15, -0.1) is 0 Å². The van der Waals surface area contributed by atoms with Gasteiger partial charge in [0.1, 0.15) is 0 Å². The topological polar surface area (TPSA) is 49.3 Å². The van der Waals surface area contributed by atoms with E-state index in [2.05, 4.69) is 5.32 Å². The predicted octanol–water partition coefficient (Wildman–Crippen LogP) is 2.17. The van der Waals surface area contributed by atoms with E-state index >= 15 is 0 Å². The molecule has 0 aromatic rings. The molecule has 0 spiro atoms. The van der Waals surface area contributed by atoms with Gasteiger partial charge in [0.2, 0.25) is 0 Å². The maximum atomic E-state index is 10.5. The second-order valence-corrected chi connectivity index (χ2v) is 4.71. The van der Waals surface area contributed by atoms with Gasteiger partial charge in [0.05, 0.1) is 6.42 Å². The number of rotatable bonds is 4. The number of hydrogen-bond acceptors (Lipinski definition) is 2. The Kier molecular flexibility index (Phi) is 9.71. The van der Waals surface area contributed by atoms with Gasteiger partial charge >= 0.3 is 5.97 Å². The Labute approximate surface area is 121 Å². The van der Waals surface area contributed by atoms with Crippen LogP contribution in [0, 0.1) is 0 Å². The van der Waals surface area contributed by atoms with Crippen molar-refractivity contribution in [3.8, 4) is 0 Å². The second-order valence-electron chi connectivity index (χ2n) is 4.71. The first kappa shape index (κ1) is 16.4.